The highest BCUT2D eigenvalue weighted by molar-refractivity contribution is 7.18. The Morgan fingerprint density at radius 3 is 3.04 bits per heavy atom. The number of benzene rings is 1. The molecule has 2 aromatic heterocycles. The summed E-state index contributed by atoms with van der Waals surface area (Å²) in [6, 6.07) is 8.60. The van der Waals surface area contributed by atoms with Gasteiger partial charge in [0.2, 0.25) is 0 Å². The Bertz CT molecular complexity index is 1050. The van der Waals surface area contributed by atoms with Gasteiger partial charge in [0.15, 0.2) is 0 Å². The predicted molar refractivity (Wildman–Crippen MR) is 107 cm³/mol. The molecule has 0 unspecified atom stereocenters. The first-order chi connectivity index (χ1) is 12.6. The van der Waals surface area contributed by atoms with Crippen molar-refractivity contribution in [3.05, 3.63) is 56.4 Å². The zero-order valence-corrected chi connectivity index (χ0v) is 16.0. The lowest BCUT2D eigenvalue weighted by molar-refractivity contribution is 0.509. The Morgan fingerprint density at radius 2 is 2.15 bits per heavy atom. The predicted octanol–water partition coefficient (Wildman–Crippen LogP) is 4.23. The van der Waals surface area contributed by atoms with E-state index < -0.39 is 0 Å². The number of hydrogen-bond donors (Lipinski definition) is 1. The van der Waals surface area contributed by atoms with Crippen molar-refractivity contribution in [2.45, 2.75) is 45.6 Å². The Morgan fingerprint density at radius 1 is 1.31 bits per heavy atom. The van der Waals surface area contributed by atoms with Crippen LogP contribution in [0, 0.1) is 5.92 Å². The van der Waals surface area contributed by atoms with Crippen LogP contribution in [0.2, 0.25) is 0 Å². The zero-order chi connectivity index (χ0) is 17.8. The van der Waals surface area contributed by atoms with Crippen LogP contribution >= 0.6 is 11.3 Å². The number of aromatic amines is 1. The molecule has 0 saturated carbocycles. The first-order valence-electron chi connectivity index (χ1n) is 9.51. The van der Waals surface area contributed by atoms with Crippen LogP contribution in [0.1, 0.15) is 48.1 Å². The van der Waals surface area contributed by atoms with Gasteiger partial charge in [-0.1, -0.05) is 25.1 Å². The fraction of sp³-hybridized carbons (Fsp3) is 0.429. The summed E-state index contributed by atoms with van der Waals surface area (Å²) in [6.45, 7) is 5.41. The average Bonchev–Trinajstić information content (AvgIpc) is 3.21. The van der Waals surface area contributed by atoms with Crippen molar-refractivity contribution in [3.63, 3.8) is 0 Å². The number of anilines is 1. The first-order valence-corrected chi connectivity index (χ1v) is 10.3. The maximum atomic E-state index is 12.9. The molecule has 1 aliphatic carbocycles. The molecule has 5 heteroatoms. The first kappa shape index (κ1) is 16.1. The van der Waals surface area contributed by atoms with E-state index >= 15 is 0 Å². The van der Waals surface area contributed by atoms with Crippen LogP contribution in [0.3, 0.4) is 0 Å². The number of thiophene rings is 1. The van der Waals surface area contributed by atoms with E-state index in [0.29, 0.717) is 5.92 Å². The average molecular weight is 366 g/mol. The lowest BCUT2D eigenvalue weighted by atomic mass is 9.89. The molecule has 4 nitrogen and oxygen atoms in total. The second-order valence-electron chi connectivity index (χ2n) is 7.73. The molecule has 0 saturated heterocycles. The zero-order valence-electron chi connectivity index (χ0n) is 15.2. The van der Waals surface area contributed by atoms with Gasteiger partial charge in [-0.15, -0.1) is 11.3 Å². The summed E-state index contributed by atoms with van der Waals surface area (Å²) < 4.78 is 0. The Hall–Kier alpha value is -2.14. The number of rotatable bonds is 2. The molecular formula is C21H23N3OS. The number of aryl methyl sites for hydroxylation is 1. The number of fused-ring (bicyclic) bond motifs is 4. The maximum Gasteiger partial charge on any atom is 0.259 e. The second-order valence-corrected chi connectivity index (χ2v) is 8.81. The van der Waals surface area contributed by atoms with Crippen LogP contribution in [-0.4, -0.2) is 16.5 Å². The summed E-state index contributed by atoms with van der Waals surface area (Å²) in [7, 11) is 0. The Labute approximate surface area is 156 Å². The number of aromatic nitrogens is 2. The molecule has 2 aliphatic rings. The molecule has 3 aromatic rings. The molecule has 0 radical (unpaired) electrons. The number of nitrogens with one attached hydrogen (secondary N) is 1. The summed E-state index contributed by atoms with van der Waals surface area (Å²) in [5.41, 5.74) is 3.93. The molecule has 134 valence electrons. The standard InChI is InChI=1S/C21H23N3OS/c1-12-7-8-15-17(11-12)26-21-18(15)20(25)22-19(23-21)13(2)24-10-9-14-5-3-4-6-16(14)24/h3-6,12-13H,7-11H2,1-2H3,(H,22,23,25)/t12-,13-/m1/s1. The number of para-hydroxylation sites is 1. The van der Waals surface area contributed by atoms with E-state index in [0.717, 1.165) is 41.8 Å². The molecule has 0 fully saturated rings. The van der Waals surface area contributed by atoms with Gasteiger partial charge in [-0.3, -0.25) is 4.79 Å². The van der Waals surface area contributed by atoms with E-state index in [-0.39, 0.29) is 11.6 Å². The summed E-state index contributed by atoms with van der Waals surface area (Å²) in [6.07, 6.45) is 4.31. The molecule has 2 atom stereocenters. The highest BCUT2D eigenvalue weighted by Gasteiger charge is 2.27. The molecule has 0 spiro atoms. The molecule has 0 bridgehead atoms. The van der Waals surface area contributed by atoms with Gasteiger partial charge in [0.1, 0.15) is 10.7 Å². The van der Waals surface area contributed by atoms with E-state index in [1.54, 1.807) is 11.3 Å². The monoisotopic (exact) mass is 365 g/mol. The topological polar surface area (TPSA) is 49.0 Å². The van der Waals surface area contributed by atoms with Crippen molar-refractivity contribution in [2.24, 2.45) is 5.92 Å². The highest BCUT2D eigenvalue weighted by atomic mass is 32.1. The molecule has 1 aromatic carbocycles. The number of hydrogen-bond acceptors (Lipinski definition) is 4. The maximum absolute atomic E-state index is 12.9. The van der Waals surface area contributed by atoms with Crippen molar-refractivity contribution >= 4 is 27.2 Å². The molecule has 1 N–H and O–H groups in total. The summed E-state index contributed by atoms with van der Waals surface area (Å²) in [5, 5.41) is 0.842. The minimum atomic E-state index is 0.0383. The van der Waals surface area contributed by atoms with Crippen LogP contribution in [0.5, 0.6) is 0 Å². The number of H-pyrrole nitrogens is 1. The smallest absolute Gasteiger partial charge is 0.259 e. The molecular weight excluding hydrogens is 342 g/mol. The van der Waals surface area contributed by atoms with Gasteiger partial charge in [0.05, 0.1) is 11.4 Å². The van der Waals surface area contributed by atoms with Crippen molar-refractivity contribution in [3.8, 4) is 0 Å². The van der Waals surface area contributed by atoms with E-state index in [2.05, 4.69) is 48.0 Å². The molecule has 5 rings (SSSR count). The lowest BCUT2D eigenvalue weighted by Crippen LogP contribution is -2.28. The summed E-state index contributed by atoms with van der Waals surface area (Å²) >= 11 is 1.73. The largest absolute Gasteiger partial charge is 0.361 e. The van der Waals surface area contributed by atoms with Crippen molar-refractivity contribution in [2.75, 3.05) is 11.4 Å². The normalized spacial score (nSPS) is 20.2. The molecule has 0 amide bonds. The molecule has 3 heterocycles. The van der Waals surface area contributed by atoms with E-state index in [4.69, 9.17) is 4.98 Å². The molecule has 26 heavy (non-hydrogen) atoms. The van der Waals surface area contributed by atoms with Gasteiger partial charge in [0.25, 0.3) is 5.56 Å². The Kier molecular flexibility index (Phi) is 3.67. The highest BCUT2D eigenvalue weighted by Crippen LogP contribution is 2.37. The van der Waals surface area contributed by atoms with E-state index in [1.807, 2.05) is 0 Å². The fourth-order valence-electron chi connectivity index (χ4n) is 4.48. The van der Waals surface area contributed by atoms with E-state index in [1.165, 1.54) is 28.1 Å². The van der Waals surface area contributed by atoms with Gasteiger partial charge < -0.3 is 9.88 Å². The van der Waals surface area contributed by atoms with Crippen molar-refractivity contribution in [1.82, 2.24) is 9.97 Å². The lowest BCUT2D eigenvalue weighted by Gasteiger charge is -2.26. The van der Waals surface area contributed by atoms with Gasteiger partial charge in [-0.25, -0.2) is 4.98 Å². The second kappa shape index (κ2) is 5.95. The van der Waals surface area contributed by atoms with Gasteiger partial charge >= 0.3 is 0 Å². The quantitative estimate of drug-likeness (QED) is 0.739. The van der Waals surface area contributed by atoms with E-state index in [9.17, 15) is 4.79 Å². The van der Waals surface area contributed by atoms with Crippen LogP contribution in [0.25, 0.3) is 10.2 Å². The van der Waals surface area contributed by atoms with Crippen LogP contribution < -0.4 is 10.5 Å². The SMILES string of the molecule is C[C@@H]1CCc2c(sc3nc([C@@H](C)N4CCc5ccccc54)[nH]c(=O)c23)C1. The third-order valence-electron chi connectivity index (χ3n) is 5.97. The van der Waals surface area contributed by atoms with Crippen LogP contribution in [0.15, 0.2) is 29.1 Å². The van der Waals surface area contributed by atoms with Gasteiger partial charge in [-0.2, -0.15) is 0 Å². The Balaban J connectivity index is 1.57. The van der Waals surface area contributed by atoms with Crippen LogP contribution in [0.4, 0.5) is 5.69 Å². The van der Waals surface area contributed by atoms with Crippen molar-refractivity contribution < 1.29 is 0 Å². The fourth-order valence-corrected chi connectivity index (χ4v) is 5.87. The molecule has 1 aliphatic heterocycles. The van der Waals surface area contributed by atoms with Gasteiger partial charge in [-0.05, 0) is 55.7 Å². The number of nitrogens with zero attached hydrogens (tertiary/aromatic N) is 2. The summed E-state index contributed by atoms with van der Waals surface area (Å²) in [4.78, 5) is 25.5. The van der Waals surface area contributed by atoms with Gasteiger partial charge in [0, 0.05) is 17.1 Å². The third kappa shape index (κ3) is 2.41. The minimum absolute atomic E-state index is 0.0383. The summed E-state index contributed by atoms with van der Waals surface area (Å²) in [5.74, 6) is 1.49. The third-order valence-corrected chi connectivity index (χ3v) is 7.12. The van der Waals surface area contributed by atoms with Crippen molar-refractivity contribution in [1.29, 1.82) is 0 Å². The minimum Gasteiger partial charge on any atom is -0.361 e. The van der Waals surface area contributed by atoms with Crippen LogP contribution in [-0.2, 0) is 19.3 Å².